The Morgan fingerprint density at radius 3 is 2.40 bits per heavy atom. The average molecular weight is 574 g/mol. The van der Waals surface area contributed by atoms with E-state index >= 15 is 0 Å². The third-order valence-corrected chi connectivity index (χ3v) is 8.64. The normalized spacial score (nSPS) is 45.6. The lowest BCUT2D eigenvalue weighted by atomic mass is 9.82. The van der Waals surface area contributed by atoms with Crippen LogP contribution in [0.4, 0.5) is 0 Å². The Balaban J connectivity index is 1.49. The number of nitrogens with zero attached hydrogens (tertiary/aromatic N) is 1. The van der Waals surface area contributed by atoms with Crippen LogP contribution in [0.15, 0.2) is 4.99 Å². The van der Waals surface area contributed by atoms with Crippen molar-refractivity contribution >= 4 is 11.7 Å². The first-order valence-corrected chi connectivity index (χ1v) is 14.0. The molecule has 6 unspecified atom stereocenters. The quantitative estimate of drug-likeness (QED) is 0.0951. The van der Waals surface area contributed by atoms with Crippen molar-refractivity contribution in [2.24, 2.45) is 33.8 Å². The van der Waals surface area contributed by atoms with Gasteiger partial charge in [-0.25, -0.2) is 0 Å². The van der Waals surface area contributed by atoms with E-state index in [0.29, 0.717) is 31.5 Å². The molecule has 15 heteroatoms. The summed E-state index contributed by atoms with van der Waals surface area (Å²) < 4.78 is 24.0. The summed E-state index contributed by atoms with van der Waals surface area (Å²) in [5.74, 6) is -0.368. The Bertz CT molecular complexity index is 922. The van der Waals surface area contributed by atoms with E-state index in [1.807, 2.05) is 0 Å². The molecule has 2 heterocycles. The molecule has 0 aromatic carbocycles. The second kappa shape index (κ2) is 12.4. The van der Waals surface area contributed by atoms with Crippen LogP contribution in [0.2, 0.25) is 0 Å². The number of aliphatic hydroxyl groups excluding tert-OH is 2. The lowest BCUT2D eigenvalue weighted by molar-refractivity contribution is -0.313. The van der Waals surface area contributed by atoms with Crippen molar-refractivity contribution in [3.63, 3.8) is 0 Å². The molecule has 4 rings (SSSR count). The SMILES string of the molecule is C[C@@H]1C(O)[C@@H](OC2C(O)C(O[C@H]3O[C@H](CN=C(N)CN)CCC3N)[C@@H](N)C[C@H]2NC(=N)C2(O)CC2)OCC1(C)O. The molecule has 2 aliphatic carbocycles. The molecule has 2 saturated carbocycles. The van der Waals surface area contributed by atoms with Crippen molar-refractivity contribution < 1.29 is 39.4 Å². The van der Waals surface area contributed by atoms with Gasteiger partial charge in [0.05, 0.1) is 43.5 Å². The minimum absolute atomic E-state index is 0.0882. The van der Waals surface area contributed by atoms with Crippen molar-refractivity contribution in [3.8, 4) is 0 Å². The van der Waals surface area contributed by atoms with Gasteiger partial charge in [0.25, 0.3) is 0 Å². The first-order valence-electron chi connectivity index (χ1n) is 14.0. The zero-order chi connectivity index (χ0) is 29.4. The zero-order valence-electron chi connectivity index (χ0n) is 23.2. The summed E-state index contributed by atoms with van der Waals surface area (Å²) in [5, 5.41) is 54.6. The van der Waals surface area contributed by atoms with Crippen LogP contribution in [0.3, 0.4) is 0 Å². The molecule has 40 heavy (non-hydrogen) atoms. The van der Waals surface area contributed by atoms with Crippen molar-refractivity contribution in [1.29, 1.82) is 5.41 Å². The molecule has 0 aromatic heterocycles. The lowest BCUT2D eigenvalue weighted by Gasteiger charge is -2.49. The van der Waals surface area contributed by atoms with Gasteiger partial charge in [0.2, 0.25) is 0 Å². The Morgan fingerprint density at radius 2 is 1.75 bits per heavy atom. The van der Waals surface area contributed by atoms with Gasteiger partial charge in [0.15, 0.2) is 12.6 Å². The third kappa shape index (κ3) is 6.93. The maximum atomic E-state index is 11.5. The Labute approximate surface area is 234 Å². The summed E-state index contributed by atoms with van der Waals surface area (Å²) in [7, 11) is 0. The number of nitrogens with two attached hydrogens (primary N) is 4. The van der Waals surface area contributed by atoms with E-state index in [2.05, 4.69) is 10.3 Å². The first-order chi connectivity index (χ1) is 18.8. The van der Waals surface area contributed by atoms with Gasteiger partial charge < -0.3 is 67.6 Å². The minimum atomic E-state index is -1.35. The highest BCUT2D eigenvalue weighted by atomic mass is 16.7. The number of rotatable bonds is 9. The van der Waals surface area contributed by atoms with Gasteiger partial charge in [-0.05, 0) is 39.0 Å². The molecule has 2 saturated heterocycles. The van der Waals surface area contributed by atoms with Crippen LogP contribution in [0.1, 0.15) is 46.0 Å². The summed E-state index contributed by atoms with van der Waals surface area (Å²) >= 11 is 0. The number of ether oxygens (including phenoxy) is 4. The Hall–Kier alpha value is -1.50. The minimum Gasteiger partial charge on any atom is -0.388 e. The number of aliphatic hydroxyl groups is 4. The summed E-state index contributed by atoms with van der Waals surface area (Å²) in [6.45, 7) is 3.58. The van der Waals surface area contributed by atoms with E-state index < -0.39 is 72.2 Å². The van der Waals surface area contributed by atoms with Crippen LogP contribution in [0.5, 0.6) is 0 Å². The van der Waals surface area contributed by atoms with Gasteiger partial charge in [-0.2, -0.15) is 0 Å². The van der Waals surface area contributed by atoms with Crippen LogP contribution in [-0.2, 0) is 18.9 Å². The van der Waals surface area contributed by atoms with Gasteiger partial charge in [0.1, 0.15) is 41.7 Å². The van der Waals surface area contributed by atoms with Crippen molar-refractivity contribution in [2.45, 2.75) is 118 Å². The van der Waals surface area contributed by atoms with Crippen LogP contribution in [0, 0.1) is 11.3 Å². The fraction of sp³-hybridized carbons (Fsp3) is 0.920. The molecule has 230 valence electrons. The highest BCUT2D eigenvalue weighted by Gasteiger charge is 2.53. The number of hydrogen-bond donors (Lipinski definition) is 10. The Kier molecular flexibility index (Phi) is 9.74. The maximum absolute atomic E-state index is 11.5. The molecule has 0 radical (unpaired) electrons. The average Bonchev–Trinajstić information content (AvgIpc) is 3.67. The molecule has 12 atom stereocenters. The van der Waals surface area contributed by atoms with Crippen molar-refractivity contribution in [2.75, 3.05) is 19.7 Å². The van der Waals surface area contributed by atoms with Crippen LogP contribution < -0.4 is 28.3 Å². The number of aliphatic imine (C=N–C) groups is 1. The fourth-order valence-electron chi connectivity index (χ4n) is 5.36. The zero-order valence-corrected chi connectivity index (χ0v) is 23.2. The predicted molar refractivity (Wildman–Crippen MR) is 144 cm³/mol. The molecule has 2 aliphatic heterocycles. The van der Waals surface area contributed by atoms with E-state index in [-0.39, 0.29) is 38.1 Å². The molecular formula is C25H47N7O8. The van der Waals surface area contributed by atoms with E-state index in [0.717, 1.165) is 0 Å². The molecule has 4 aliphatic rings. The van der Waals surface area contributed by atoms with Gasteiger partial charge >= 0.3 is 0 Å². The summed E-state index contributed by atoms with van der Waals surface area (Å²) in [6, 6.07) is -1.91. The standard InChI is InChI=1S/C25H47N7O8/c1-11-17(33)22(37-10-24(11,2)35)40-20-15(32-23(30)25(36)5-6-25)7-14(28)19(18(20)34)39-21-13(27)4-3-12(38-21)9-31-16(29)8-26/h11-15,17-22,33-36H,3-10,26-28H2,1-2H3,(H2,29,31)(H2,30,32)/t11-,12+,13?,14+,15-,17?,18?,19?,20?,21-,22-,24?/m1/s1. The van der Waals surface area contributed by atoms with Gasteiger partial charge in [-0.15, -0.1) is 0 Å². The predicted octanol–water partition coefficient (Wildman–Crippen LogP) is -3.44. The number of hydrogen-bond acceptors (Lipinski definition) is 13. The van der Waals surface area contributed by atoms with Gasteiger partial charge in [0, 0.05) is 12.0 Å². The van der Waals surface area contributed by atoms with Crippen LogP contribution >= 0.6 is 0 Å². The largest absolute Gasteiger partial charge is 0.388 e. The van der Waals surface area contributed by atoms with Gasteiger partial charge in [-0.1, -0.05) is 6.92 Å². The maximum Gasteiger partial charge on any atom is 0.184 e. The first kappa shape index (κ1) is 31.4. The molecule has 14 N–H and O–H groups in total. The van der Waals surface area contributed by atoms with Crippen LogP contribution in [0.25, 0.3) is 0 Å². The van der Waals surface area contributed by atoms with E-state index in [9.17, 15) is 20.4 Å². The topological polar surface area (TPSA) is 270 Å². The molecule has 4 fully saturated rings. The summed E-state index contributed by atoms with van der Waals surface area (Å²) in [6.07, 6.45) is -4.62. The Morgan fingerprint density at radius 1 is 1.07 bits per heavy atom. The summed E-state index contributed by atoms with van der Waals surface area (Å²) in [4.78, 5) is 4.22. The molecule has 0 aromatic rings. The molecular weight excluding hydrogens is 526 g/mol. The van der Waals surface area contributed by atoms with Crippen molar-refractivity contribution in [1.82, 2.24) is 5.32 Å². The monoisotopic (exact) mass is 573 g/mol. The molecule has 15 nitrogen and oxygen atoms in total. The van der Waals surface area contributed by atoms with Gasteiger partial charge in [-0.3, -0.25) is 10.4 Å². The van der Waals surface area contributed by atoms with Crippen LogP contribution in [-0.4, -0.2) is 124 Å². The smallest absolute Gasteiger partial charge is 0.184 e. The fourth-order valence-corrected chi connectivity index (χ4v) is 5.36. The van der Waals surface area contributed by atoms with E-state index in [4.69, 9.17) is 47.3 Å². The second-order valence-corrected chi connectivity index (χ2v) is 12.0. The molecule has 0 amide bonds. The highest BCUT2D eigenvalue weighted by Crippen LogP contribution is 2.37. The highest BCUT2D eigenvalue weighted by molar-refractivity contribution is 5.90. The lowest BCUT2D eigenvalue weighted by Crippen LogP contribution is -2.68. The second-order valence-electron chi connectivity index (χ2n) is 12.0. The molecule has 0 spiro atoms. The van der Waals surface area contributed by atoms with E-state index in [1.165, 1.54) is 0 Å². The third-order valence-electron chi connectivity index (χ3n) is 8.64. The number of amidine groups is 2. The summed E-state index contributed by atoms with van der Waals surface area (Å²) in [5.41, 5.74) is 21.5. The molecule has 0 bridgehead atoms. The van der Waals surface area contributed by atoms with Crippen molar-refractivity contribution in [3.05, 3.63) is 0 Å². The number of nitrogens with one attached hydrogen (secondary N) is 2. The van der Waals surface area contributed by atoms with E-state index in [1.54, 1.807) is 13.8 Å².